The van der Waals surface area contributed by atoms with Gasteiger partial charge in [0.15, 0.2) is 6.61 Å². The SMILES string of the molecule is O=C(CCCN1C(=O)CNC1=O)OCC(=O)N1CCN(c2ccccc2Cl)CC1. The van der Waals surface area contributed by atoms with Crippen LogP contribution in [-0.4, -0.2) is 79.5 Å². The summed E-state index contributed by atoms with van der Waals surface area (Å²) in [6.45, 7) is 2.17. The van der Waals surface area contributed by atoms with Crippen molar-refractivity contribution in [2.75, 3.05) is 50.8 Å². The Bertz CT molecular complexity index is 779. The van der Waals surface area contributed by atoms with E-state index in [4.69, 9.17) is 16.3 Å². The van der Waals surface area contributed by atoms with Gasteiger partial charge in [0.25, 0.3) is 5.91 Å². The van der Waals surface area contributed by atoms with Gasteiger partial charge in [-0.3, -0.25) is 19.3 Å². The van der Waals surface area contributed by atoms with E-state index in [1.165, 1.54) is 0 Å². The summed E-state index contributed by atoms with van der Waals surface area (Å²) >= 11 is 6.22. The van der Waals surface area contributed by atoms with Gasteiger partial charge >= 0.3 is 12.0 Å². The van der Waals surface area contributed by atoms with Gasteiger partial charge in [0, 0.05) is 39.1 Å². The Balaban J connectivity index is 1.34. The van der Waals surface area contributed by atoms with Crippen LogP contribution in [0.1, 0.15) is 12.8 Å². The molecule has 0 saturated carbocycles. The molecule has 10 heteroatoms. The zero-order valence-corrected chi connectivity index (χ0v) is 16.7. The number of carbonyl (C=O) groups excluding carboxylic acids is 4. The van der Waals surface area contributed by atoms with E-state index in [1.54, 1.807) is 4.90 Å². The van der Waals surface area contributed by atoms with Crippen molar-refractivity contribution in [1.82, 2.24) is 15.1 Å². The van der Waals surface area contributed by atoms with Gasteiger partial charge in [-0.1, -0.05) is 23.7 Å². The molecule has 2 aliphatic rings. The Hall–Kier alpha value is -2.81. The van der Waals surface area contributed by atoms with Crippen molar-refractivity contribution in [2.45, 2.75) is 12.8 Å². The minimum Gasteiger partial charge on any atom is -0.456 e. The molecule has 2 fully saturated rings. The third kappa shape index (κ3) is 5.38. The first-order valence-electron chi connectivity index (χ1n) is 9.47. The second-order valence-electron chi connectivity index (χ2n) is 6.79. The van der Waals surface area contributed by atoms with Gasteiger partial charge in [-0.25, -0.2) is 4.79 Å². The minimum absolute atomic E-state index is 0.0124. The van der Waals surface area contributed by atoms with Crippen LogP contribution in [0.15, 0.2) is 24.3 Å². The lowest BCUT2D eigenvalue weighted by Crippen LogP contribution is -2.50. The third-order valence-corrected chi connectivity index (χ3v) is 5.20. The summed E-state index contributed by atoms with van der Waals surface area (Å²) in [5, 5.41) is 3.09. The molecule has 1 aromatic carbocycles. The zero-order chi connectivity index (χ0) is 20.8. The summed E-state index contributed by atoms with van der Waals surface area (Å²) in [4.78, 5) is 51.8. The molecule has 0 radical (unpaired) electrons. The number of hydrogen-bond acceptors (Lipinski definition) is 6. The second kappa shape index (κ2) is 9.60. The number of benzene rings is 1. The molecule has 0 aromatic heterocycles. The highest BCUT2D eigenvalue weighted by molar-refractivity contribution is 6.33. The van der Waals surface area contributed by atoms with Gasteiger partial charge in [0.1, 0.15) is 0 Å². The molecule has 0 spiro atoms. The highest BCUT2D eigenvalue weighted by Gasteiger charge is 2.28. The average Bonchev–Trinajstić information content (AvgIpc) is 3.04. The number of urea groups is 1. The number of carbonyl (C=O) groups is 4. The van der Waals surface area contributed by atoms with Crippen molar-refractivity contribution >= 4 is 41.1 Å². The van der Waals surface area contributed by atoms with Crippen molar-refractivity contribution < 1.29 is 23.9 Å². The lowest BCUT2D eigenvalue weighted by atomic mass is 10.2. The standard InChI is InChI=1S/C19H23ClN4O5/c20-14-4-1-2-5-15(14)22-8-10-23(11-9-22)17(26)13-29-18(27)6-3-7-24-16(25)12-21-19(24)28/h1-2,4-5H,3,6-13H2,(H,21,28). The molecule has 3 rings (SSSR count). The predicted molar refractivity (Wildman–Crippen MR) is 106 cm³/mol. The van der Waals surface area contributed by atoms with Gasteiger partial charge in [-0.15, -0.1) is 0 Å². The first-order valence-corrected chi connectivity index (χ1v) is 9.84. The third-order valence-electron chi connectivity index (χ3n) is 4.88. The molecule has 1 N–H and O–H groups in total. The Labute approximate surface area is 173 Å². The molecule has 0 unspecified atom stereocenters. The maximum Gasteiger partial charge on any atom is 0.324 e. The molecule has 4 amide bonds. The molecule has 0 atom stereocenters. The molecule has 0 aliphatic carbocycles. The highest BCUT2D eigenvalue weighted by Crippen LogP contribution is 2.26. The van der Waals surface area contributed by atoms with Crippen molar-refractivity contribution in [1.29, 1.82) is 0 Å². The highest BCUT2D eigenvalue weighted by atomic mass is 35.5. The predicted octanol–water partition coefficient (Wildman–Crippen LogP) is 0.864. The molecule has 156 valence electrons. The smallest absolute Gasteiger partial charge is 0.324 e. The maximum atomic E-state index is 12.3. The van der Waals surface area contributed by atoms with Crippen LogP contribution in [0, 0.1) is 0 Å². The van der Waals surface area contributed by atoms with Crippen LogP contribution in [0.25, 0.3) is 0 Å². The van der Waals surface area contributed by atoms with E-state index < -0.39 is 12.0 Å². The number of para-hydroxylation sites is 1. The number of amides is 4. The Morgan fingerprint density at radius 1 is 1.10 bits per heavy atom. The van der Waals surface area contributed by atoms with Crippen LogP contribution in [-0.2, 0) is 19.1 Å². The fourth-order valence-electron chi connectivity index (χ4n) is 3.27. The van der Waals surface area contributed by atoms with Crippen LogP contribution >= 0.6 is 11.6 Å². The average molecular weight is 423 g/mol. The molecule has 1 aromatic rings. The minimum atomic E-state index is -0.528. The lowest BCUT2D eigenvalue weighted by molar-refractivity contribution is -0.152. The number of rotatable bonds is 7. The first kappa shape index (κ1) is 20.9. The van der Waals surface area contributed by atoms with Crippen LogP contribution in [0.4, 0.5) is 10.5 Å². The van der Waals surface area contributed by atoms with E-state index in [-0.39, 0.29) is 37.9 Å². The summed E-state index contributed by atoms with van der Waals surface area (Å²) in [7, 11) is 0. The normalized spacial score (nSPS) is 16.8. The summed E-state index contributed by atoms with van der Waals surface area (Å²) in [6.07, 6.45) is 0.327. The first-order chi connectivity index (χ1) is 14.0. The van der Waals surface area contributed by atoms with E-state index in [2.05, 4.69) is 10.2 Å². The number of imide groups is 1. The van der Waals surface area contributed by atoms with E-state index in [0.29, 0.717) is 37.6 Å². The Morgan fingerprint density at radius 2 is 1.83 bits per heavy atom. The van der Waals surface area contributed by atoms with Gasteiger partial charge in [-0.2, -0.15) is 0 Å². The number of nitrogens with one attached hydrogen (secondary N) is 1. The second-order valence-corrected chi connectivity index (χ2v) is 7.19. The summed E-state index contributed by atoms with van der Waals surface area (Å²) in [5.41, 5.74) is 0.942. The maximum absolute atomic E-state index is 12.3. The van der Waals surface area contributed by atoms with Crippen LogP contribution in [0.5, 0.6) is 0 Å². The largest absolute Gasteiger partial charge is 0.456 e. The molecule has 2 aliphatic heterocycles. The van der Waals surface area contributed by atoms with E-state index in [9.17, 15) is 19.2 Å². The fourth-order valence-corrected chi connectivity index (χ4v) is 3.53. The van der Waals surface area contributed by atoms with Gasteiger partial charge in [0.2, 0.25) is 5.91 Å². The molecule has 29 heavy (non-hydrogen) atoms. The molecule has 2 heterocycles. The summed E-state index contributed by atoms with van der Waals surface area (Å²) in [5.74, 6) is -1.08. The van der Waals surface area contributed by atoms with Crippen molar-refractivity contribution in [3.8, 4) is 0 Å². The van der Waals surface area contributed by atoms with Gasteiger partial charge < -0.3 is 19.9 Å². The number of esters is 1. The number of piperazine rings is 1. The van der Waals surface area contributed by atoms with E-state index in [0.717, 1.165) is 10.6 Å². The molecular weight excluding hydrogens is 400 g/mol. The zero-order valence-electron chi connectivity index (χ0n) is 15.9. The van der Waals surface area contributed by atoms with Crippen LogP contribution in [0.3, 0.4) is 0 Å². The Kier molecular flexibility index (Phi) is 6.92. The molecule has 9 nitrogen and oxygen atoms in total. The Morgan fingerprint density at radius 3 is 2.48 bits per heavy atom. The number of anilines is 1. The van der Waals surface area contributed by atoms with Crippen molar-refractivity contribution in [2.24, 2.45) is 0 Å². The summed E-state index contributed by atoms with van der Waals surface area (Å²) in [6, 6.07) is 7.12. The topological polar surface area (TPSA) is 99.3 Å². The van der Waals surface area contributed by atoms with E-state index >= 15 is 0 Å². The van der Waals surface area contributed by atoms with E-state index in [1.807, 2.05) is 24.3 Å². The molecule has 0 bridgehead atoms. The monoisotopic (exact) mass is 422 g/mol. The van der Waals surface area contributed by atoms with Crippen LogP contribution < -0.4 is 10.2 Å². The quantitative estimate of drug-likeness (QED) is 0.517. The molecular formula is C19H23ClN4O5. The molecule has 2 saturated heterocycles. The van der Waals surface area contributed by atoms with Gasteiger partial charge in [-0.05, 0) is 18.6 Å². The lowest BCUT2D eigenvalue weighted by Gasteiger charge is -2.36. The fraction of sp³-hybridized carbons (Fsp3) is 0.474. The van der Waals surface area contributed by atoms with Crippen molar-refractivity contribution in [3.05, 3.63) is 29.3 Å². The number of halogens is 1. The van der Waals surface area contributed by atoms with Crippen LogP contribution in [0.2, 0.25) is 5.02 Å². The number of ether oxygens (including phenoxy) is 1. The number of hydrogen-bond donors (Lipinski definition) is 1. The van der Waals surface area contributed by atoms with Gasteiger partial charge in [0.05, 0.1) is 17.3 Å². The number of nitrogens with zero attached hydrogens (tertiary/aromatic N) is 3. The van der Waals surface area contributed by atoms with Crippen molar-refractivity contribution in [3.63, 3.8) is 0 Å². The summed E-state index contributed by atoms with van der Waals surface area (Å²) < 4.78 is 5.04.